The summed E-state index contributed by atoms with van der Waals surface area (Å²) in [6.07, 6.45) is 2.88. The molecule has 0 saturated carbocycles. The number of carbonyl (C=O) groups is 1. The predicted octanol–water partition coefficient (Wildman–Crippen LogP) is 5.22. The van der Waals surface area contributed by atoms with Crippen molar-refractivity contribution in [2.24, 2.45) is 0 Å². The largest absolute Gasteiger partial charge is 0.460 e. The second-order valence-corrected chi connectivity index (χ2v) is 10.1. The lowest BCUT2D eigenvalue weighted by molar-refractivity contribution is -0.152. The summed E-state index contributed by atoms with van der Waals surface area (Å²) in [5, 5.41) is 0. The van der Waals surface area contributed by atoms with E-state index in [1.165, 1.54) is 11.1 Å². The second-order valence-electron chi connectivity index (χ2n) is 10.1. The number of likely N-dealkylation sites (N-methyl/N-ethyl adjacent to an activating group) is 1. The van der Waals surface area contributed by atoms with Crippen molar-refractivity contribution in [1.82, 2.24) is 14.7 Å². The van der Waals surface area contributed by atoms with E-state index < -0.39 is 0 Å². The molecule has 1 fully saturated rings. The molecule has 3 aromatic carbocycles. The Labute approximate surface area is 222 Å². The van der Waals surface area contributed by atoms with Crippen LogP contribution in [0.25, 0.3) is 0 Å². The van der Waals surface area contributed by atoms with Crippen molar-refractivity contribution in [3.8, 4) is 0 Å². The van der Waals surface area contributed by atoms with Gasteiger partial charge >= 0.3 is 5.97 Å². The molecule has 4 rings (SSSR count). The molecule has 5 heteroatoms. The molecule has 0 radical (unpaired) electrons. The van der Waals surface area contributed by atoms with Crippen LogP contribution in [0.15, 0.2) is 91.0 Å². The maximum Gasteiger partial charge on any atom is 0.323 e. The minimum Gasteiger partial charge on any atom is -0.460 e. The van der Waals surface area contributed by atoms with E-state index in [9.17, 15) is 4.79 Å². The Bertz CT molecular complexity index is 996. The van der Waals surface area contributed by atoms with Crippen LogP contribution >= 0.6 is 0 Å². The highest BCUT2D eigenvalue weighted by molar-refractivity contribution is 5.75. The van der Waals surface area contributed by atoms with Crippen LogP contribution in [0.5, 0.6) is 0 Å². The Balaban J connectivity index is 1.45. The average molecular weight is 500 g/mol. The fraction of sp³-hybridized carbons (Fsp3) is 0.406. The standard InChI is InChI=1S/C32H41N3O2/c1-33-21-23-34(24-22-33)20-12-11-19-31(32(36)37-27-30-17-9-4-10-18-30)35(25-28-13-5-2-6-14-28)26-29-15-7-3-8-16-29/h2-10,13-18,31H,11-12,19-27H2,1H3/t31-/m0/s1. The molecule has 1 heterocycles. The van der Waals surface area contributed by atoms with Gasteiger partial charge in [0.05, 0.1) is 0 Å². The highest BCUT2D eigenvalue weighted by Crippen LogP contribution is 2.20. The van der Waals surface area contributed by atoms with Crippen molar-refractivity contribution >= 4 is 5.97 Å². The minimum absolute atomic E-state index is 0.129. The first-order valence-electron chi connectivity index (χ1n) is 13.6. The summed E-state index contributed by atoms with van der Waals surface area (Å²) in [6.45, 7) is 7.35. The molecule has 0 aromatic heterocycles. The summed E-state index contributed by atoms with van der Waals surface area (Å²) in [5.74, 6) is -0.129. The van der Waals surface area contributed by atoms with Crippen LogP contribution in [0.1, 0.15) is 36.0 Å². The quantitative estimate of drug-likeness (QED) is 0.238. The number of rotatable bonds is 13. The number of nitrogens with zero attached hydrogens (tertiary/aromatic N) is 3. The molecule has 1 saturated heterocycles. The maximum atomic E-state index is 13.6. The minimum atomic E-state index is -0.295. The van der Waals surface area contributed by atoms with Crippen molar-refractivity contribution in [2.45, 2.75) is 45.0 Å². The van der Waals surface area contributed by atoms with E-state index in [-0.39, 0.29) is 12.0 Å². The first-order chi connectivity index (χ1) is 18.2. The molecule has 1 atom stereocenters. The van der Waals surface area contributed by atoms with Crippen LogP contribution in [0, 0.1) is 0 Å². The summed E-state index contributed by atoms with van der Waals surface area (Å²) in [5.41, 5.74) is 3.43. The van der Waals surface area contributed by atoms with Gasteiger partial charge in [-0.05, 0) is 43.1 Å². The summed E-state index contributed by atoms with van der Waals surface area (Å²) in [6, 6.07) is 30.5. The molecule has 196 valence electrons. The van der Waals surface area contributed by atoms with Gasteiger partial charge in [0.1, 0.15) is 12.6 Å². The van der Waals surface area contributed by atoms with Gasteiger partial charge in [-0.2, -0.15) is 0 Å². The summed E-state index contributed by atoms with van der Waals surface area (Å²) in [4.78, 5) is 20.8. The van der Waals surface area contributed by atoms with Crippen LogP contribution in [0.2, 0.25) is 0 Å². The normalized spacial score (nSPS) is 15.5. The van der Waals surface area contributed by atoms with E-state index in [1.54, 1.807) is 0 Å². The van der Waals surface area contributed by atoms with Gasteiger partial charge < -0.3 is 14.5 Å². The van der Waals surface area contributed by atoms with Crippen LogP contribution in [0.4, 0.5) is 0 Å². The van der Waals surface area contributed by atoms with Gasteiger partial charge in [0.25, 0.3) is 0 Å². The zero-order valence-electron chi connectivity index (χ0n) is 22.2. The monoisotopic (exact) mass is 499 g/mol. The van der Waals surface area contributed by atoms with Gasteiger partial charge in [0.2, 0.25) is 0 Å². The van der Waals surface area contributed by atoms with Gasteiger partial charge in [-0.25, -0.2) is 0 Å². The number of esters is 1. The Morgan fingerprint density at radius 1 is 0.757 bits per heavy atom. The van der Waals surface area contributed by atoms with Crippen LogP contribution in [0.3, 0.4) is 0 Å². The third-order valence-electron chi connectivity index (χ3n) is 7.19. The molecule has 0 unspecified atom stereocenters. The molecule has 0 N–H and O–H groups in total. The molecule has 5 nitrogen and oxygen atoms in total. The highest BCUT2D eigenvalue weighted by atomic mass is 16.5. The topological polar surface area (TPSA) is 36.0 Å². The van der Waals surface area contributed by atoms with Gasteiger partial charge in [0.15, 0.2) is 0 Å². The second kappa shape index (κ2) is 14.7. The third-order valence-corrected chi connectivity index (χ3v) is 7.19. The Morgan fingerprint density at radius 2 is 1.27 bits per heavy atom. The molecule has 0 amide bonds. The number of hydrogen-bond donors (Lipinski definition) is 0. The van der Waals surface area contributed by atoms with Crippen LogP contribution < -0.4 is 0 Å². The number of benzene rings is 3. The first-order valence-corrected chi connectivity index (χ1v) is 13.6. The highest BCUT2D eigenvalue weighted by Gasteiger charge is 2.28. The molecule has 0 spiro atoms. The number of hydrogen-bond acceptors (Lipinski definition) is 5. The van der Waals surface area contributed by atoms with Crippen LogP contribution in [-0.4, -0.2) is 66.5 Å². The zero-order valence-corrected chi connectivity index (χ0v) is 22.2. The first kappa shape index (κ1) is 27.1. The summed E-state index contributed by atoms with van der Waals surface area (Å²) in [7, 11) is 2.19. The summed E-state index contributed by atoms with van der Waals surface area (Å²) >= 11 is 0. The molecular weight excluding hydrogens is 458 g/mol. The molecule has 1 aliphatic rings. The Hall–Kier alpha value is -2.99. The zero-order chi connectivity index (χ0) is 25.7. The lowest BCUT2D eigenvalue weighted by Gasteiger charge is -2.33. The predicted molar refractivity (Wildman–Crippen MR) is 150 cm³/mol. The van der Waals surface area contributed by atoms with Gasteiger partial charge in [0, 0.05) is 39.3 Å². The van der Waals surface area contributed by atoms with E-state index in [0.717, 1.165) is 57.5 Å². The van der Waals surface area contributed by atoms with Gasteiger partial charge in [-0.15, -0.1) is 0 Å². The van der Waals surface area contributed by atoms with Gasteiger partial charge in [-0.1, -0.05) is 97.4 Å². The number of unbranched alkanes of at least 4 members (excludes halogenated alkanes) is 1. The summed E-state index contributed by atoms with van der Waals surface area (Å²) < 4.78 is 5.91. The lowest BCUT2D eigenvalue weighted by atomic mass is 10.0. The molecule has 1 aliphatic heterocycles. The number of piperazine rings is 1. The van der Waals surface area contributed by atoms with Crippen LogP contribution in [-0.2, 0) is 29.2 Å². The van der Waals surface area contributed by atoms with E-state index in [1.807, 2.05) is 42.5 Å². The fourth-order valence-corrected chi connectivity index (χ4v) is 4.93. The Kier molecular flexibility index (Phi) is 10.7. The number of ether oxygens (including phenoxy) is 1. The van der Waals surface area contributed by atoms with Crippen molar-refractivity contribution in [2.75, 3.05) is 39.8 Å². The molecule has 0 bridgehead atoms. The van der Waals surface area contributed by atoms with Crippen molar-refractivity contribution in [3.63, 3.8) is 0 Å². The van der Waals surface area contributed by atoms with E-state index >= 15 is 0 Å². The average Bonchev–Trinajstić information content (AvgIpc) is 2.94. The number of carbonyl (C=O) groups excluding carboxylic acids is 1. The maximum absolute atomic E-state index is 13.6. The van der Waals surface area contributed by atoms with E-state index in [2.05, 4.69) is 70.3 Å². The van der Waals surface area contributed by atoms with Crippen molar-refractivity contribution < 1.29 is 9.53 Å². The van der Waals surface area contributed by atoms with Crippen molar-refractivity contribution in [3.05, 3.63) is 108 Å². The van der Waals surface area contributed by atoms with E-state index in [0.29, 0.717) is 19.7 Å². The van der Waals surface area contributed by atoms with Gasteiger partial charge in [-0.3, -0.25) is 9.69 Å². The molecule has 0 aliphatic carbocycles. The lowest BCUT2D eigenvalue weighted by Crippen LogP contribution is -2.44. The van der Waals surface area contributed by atoms with Crippen molar-refractivity contribution in [1.29, 1.82) is 0 Å². The SMILES string of the molecule is CN1CCN(CCCC[C@@H](C(=O)OCc2ccccc2)N(Cc2ccccc2)Cc2ccccc2)CC1. The smallest absolute Gasteiger partial charge is 0.323 e. The molecular formula is C32H41N3O2. The van der Waals surface area contributed by atoms with E-state index in [4.69, 9.17) is 4.74 Å². The fourth-order valence-electron chi connectivity index (χ4n) is 4.93. The molecule has 37 heavy (non-hydrogen) atoms. The third kappa shape index (κ3) is 9.12. The Morgan fingerprint density at radius 3 is 1.81 bits per heavy atom. The molecule has 3 aromatic rings.